The third kappa shape index (κ3) is 2.98. The second kappa shape index (κ2) is 6.64. The molecule has 6 rings (SSSR count). The molecule has 0 unspecified atom stereocenters. The van der Waals surface area contributed by atoms with E-state index in [0.29, 0.717) is 36.2 Å². The molecule has 30 heavy (non-hydrogen) atoms. The van der Waals surface area contributed by atoms with E-state index in [9.17, 15) is 4.79 Å². The van der Waals surface area contributed by atoms with Gasteiger partial charge in [0.15, 0.2) is 5.58 Å². The molecule has 1 N–H and O–H groups in total. The Bertz CT molecular complexity index is 1260. The first-order chi connectivity index (χ1) is 14.7. The van der Waals surface area contributed by atoms with Crippen molar-refractivity contribution < 1.29 is 13.9 Å². The van der Waals surface area contributed by atoms with E-state index in [1.54, 1.807) is 24.5 Å². The highest BCUT2D eigenvalue weighted by molar-refractivity contribution is 6.07. The minimum absolute atomic E-state index is 0.247. The minimum atomic E-state index is -0.247. The van der Waals surface area contributed by atoms with Crippen molar-refractivity contribution in [2.45, 2.75) is 0 Å². The fourth-order valence-electron chi connectivity index (χ4n) is 3.68. The van der Waals surface area contributed by atoms with E-state index in [1.165, 1.54) is 0 Å². The van der Waals surface area contributed by atoms with Gasteiger partial charge < -0.3 is 19.4 Å². The van der Waals surface area contributed by atoms with Crippen LogP contribution in [-0.4, -0.2) is 47.2 Å². The van der Waals surface area contributed by atoms with E-state index in [-0.39, 0.29) is 5.91 Å². The summed E-state index contributed by atoms with van der Waals surface area (Å²) in [6.07, 6.45) is 3.46. The van der Waals surface area contributed by atoms with Crippen LogP contribution in [0.15, 0.2) is 53.2 Å². The predicted molar refractivity (Wildman–Crippen MR) is 111 cm³/mol. The van der Waals surface area contributed by atoms with Crippen molar-refractivity contribution in [1.29, 1.82) is 0 Å². The summed E-state index contributed by atoms with van der Waals surface area (Å²) in [5, 5.41) is 2.94. The number of hydrogen-bond donors (Lipinski definition) is 1. The van der Waals surface area contributed by atoms with Gasteiger partial charge in [-0.05, 0) is 35.9 Å². The number of anilines is 2. The van der Waals surface area contributed by atoms with Gasteiger partial charge in [-0.1, -0.05) is 0 Å². The highest BCUT2D eigenvalue weighted by Crippen LogP contribution is 2.35. The molecular formula is C22H17N5O3. The van der Waals surface area contributed by atoms with Gasteiger partial charge in [0.25, 0.3) is 11.9 Å². The zero-order valence-corrected chi connectivity index (χ0v) is 16.0. The molecule has 3 aromatic rings. The molecule has 148 valence electrons. The Morgan fingerprint density at radius 2 is 1.83 bits per heavy atom. The van der Waals surface area contributed by atoms with Gasteiger partial charge in [0.2, 0.25) is 0 Å². The Morgan fingerprint density at radius 1 is 1.00 bits per heavy atom. The maximum Gasteiger partial charge on any atom is 0.298 e. The van der Waals surface area contributed by atoms with Gasteiger partial charge in [-0.15, -0.1) is 0 Å². The number of carbonyl (C=O) groups is 1. The number of nitrogens with one attached hydrogen (secondary N) is 1. The van der Waals surface area contributed by atoms with E-state index < -0.39 is 0 Å². The molecule has 8 heteroatoms. The van der Waals surface area contributed by atoms with Gasteiger partial charge in [0.05, 0.1) is 18.9 Å². The van der Waals surface area contributed by atoms with Crippen molar-refractivity contribution in [3.05, 3.63) is 54.5 Å². The van der Waals surface area contributed by atoms with Crippen LogP contribution in [0.25, 0.3) is 33.5 Å². The van der Waals surface area contributed by atoms with Crippen LogP contribution in [0.5, 0.6) is 0 Å². The van der Waals surface area contributed by atoms with E-state index in [0.717, 1.165) is 41.0 Å². The molecule has 0 saturated carbocycles. The first-order valence-electron chi connectivity index (χ1n) is 9.76. The molecule has 3 aliphatic rings. The number of nitrogens with zero attached hydrogens (tertiary/aromatic N) is 4. The second-order valence-electron chi connectivity index (χ2n) is 7.28. The number of aromatic nitrogens is 3. The topological polar surface area (TPSA) is 93.4 Å². The van der Waals surface area contributed by atoms with Crippen molar-refractivity contribution in [3.8, 4) is 22.4 Å². The van der Waals surface area contributed by atoms with Crippen LogP contribution in [-0.2, 0) is 4.74 Å². The summed E-state index contributed by atoms with van der Waals surface area (Å²) in [4.78, 5) is 27.8. The number of fused-ring (bicyclic) bond motifs is 2. The molecule has 1 fully saturated rings. The van der Waals surface area contributed by atoms with Gasteiger partial charge in [0, 0.05) is 48.4 Å². The molecule has 1 saturated heterocycles. The molecule has 1 aromatic carbocycles. The number of hydrogen-bond acceptors (Lipinski definition) is 7. The van der Waals surface area contributed by atoms with E-state index in [1.807, 2.05) is 24.3 Å². The van der Waals surface area contributed by atoms with E-state index in [4.69, 9.17) is 14.1 Å². The van der Waals surface area contributed by atoms with Crippen LogP contribution in [0.4, 0.5) is 11.7 Å². The Balaban J connectivity index is 1.41. The number of amides is 1. The second-order valence-corrected chi connectivity index (χ2v) is 7.28. The third-order valence-electron chi connectivity index (χ3n) is 5.28. The van der Waals surface area contributed by atoms with Crippen LogP contribution >= 0.6 is 0 Å². The third-order valence-corrected chi connectivity index (χ3v) is 5.28. The quantitative estimate of drug-likeness (QED) is 0.495. The van der Waals surface area contributed by atoms with E-state index >= 15 is 0 Å². The molecule has 2 aromatic heterocycles. The monoisotopic (exact) mass is 399 g/mol. The van der Waals surface area contributed by atoms with Gasteiger partial charge in [-0.2, -0.15) is 4.98 Å². The highest BCUT2D eigenvalue weighted by atomic mass is 16.5. The molecule has 1 aliphatic carbocycles. The van der Waals surface area contributed by atoms with Crippen molar-refractivity contribution >= 4 is 28.7 Å². The number of morpholine rings is 1. The van der Waals surface area contributed by atoms with Gasteiger partial charge in [-0.25, -0.2) is 4.98 Å². The lowest BCUT2D eigenvalue weighted by Gasteiger charge is -2.24. The smallest absolute Gasteiger partial charge is 0.298 e. The predicted octanol–water partition coefficient (Wildman–Crippen LogP) is 3.35. The number of pyridine rings is 2. The molecule has 0 radical (unpaired) electrons. The van der Waals surface area contributed by atoms with Crippen LogP contribution in [0.3, 0.4) is 0 Å². The summed E-state index contributed by atoms with van der Waals surface area (Å²) in [5.41, 5.74) is 6.12. The number of ether oxygens (including phenoxy) is 1. The summed E-state index contributed by atoms with van der Waals surface area (Å²) < 4.78 is 11.5. The molecule has 0 bridgehead atoms. The summed E-state index contributed by atoms with van der Waals surface area (Å²) in [6, 6.07) is 11.8. The van der Waals surface area contributed by atoms with E-state index in [2.05, 4.69) is 20.2 Å². The molecular weight excluding hydrogens is 382 g/mol. The summed E-state index contributed by atoms with van der Waals surface area (Å²) in [5.74, 6) is -0.247. The molecule has 0 spiro atoms. The standard InChI is InChI=1S/C22H17N5O3/c28-21(18-10-14-9-17(14)25-18)24-15-11-16(13-1-3-23-4-2-13)20-19(12-15)30-22(26-20)27-5-7-29-8-6-27/h1-4,9-12H,5-8H2,(H,24,28). The molecule has 0 atom stereocenters. The largest absolute Gasteiger partial charge is 0.423 e. The Hall–Kier alpha value is -3.78. The van der Waals surface area contributed by atoms with Crippen LogP contribution in [0, 0.1) is 0 Å². The normalized spacial score (nSPS) is 14.7. The molecule has 2 aliphatic heterocycles. The lowest BCUT2D eigenvalue weighted by atomic mass is 10.0. The number of rotatable bonds is 4. The minimum Gasteiger partial charge on any atom is -0.423 e. The number of carbonyl (C=O) groups excluding carboxylic acids is 1. The fourth-order valence-corrected chi connectivity index (χ4v) is 3.68. The zero-order valence-electron chi connectivity index (χ0n) is 16.0. The van der Waals surface area contributed by atoms with Crippen molar-refractivity contribution in [2.75, 3.05) is 36.5 Å². The molecule has 8 nitrogen and oxygen atoms in total. The van der Waals surface area contributed by atoms with Crippen LogP contribution in [0.2, 0.25) is 0 Å². The zero-order chi connectivity index (χ0) is 20.1. The lowest BCUT2D eigenvalue weighted by Crippen LogP contribution is -2.36. The van der Waals surface area contributed by atoms with Crippen molar-refractivity contribution in [2.24, 2.45) is 0 Å². The van der Waals surface area contributed by atoms with Crippen LogP contribution in [0.1, 0.15) is 10.5 Å². The molecule has 1 amide bonds. The van der Waals surface area contributed by atoms with Gasteiger partial charge in [-0.3, -0.25) is 9.78 Å². The summed E-state index contributed by atoms with van der Waals surface area (Å²) in [7, 11) is 0. The Labute approximate surface area is 171 Å². The first-order valence-corrected chi connectivity index (χ1v) is 9.76. The highest BCUT2D eigenvalue weighted by Gasteiger charge is 2.23. The number of oxazole rings is 1. The Morgan fingerprint density at radius 3 is 2.60 bits per heavy atom. The maximum atomic E-state index is 12.6. The van der Waals surface area contributed by atoms with Gasteiger partial charge in [0.1, 0.15) is 11.2 Å². The average Bonchev–Trinajstić information content (AvgIpc) is 3.19. The first kappa shape index (κ1) is 17.1. The number of benzene rings is 1. The Kier molecular flexibility index (Phi) is 3.78. The lowest BCUT2D eigenvalue weighted by molar-refractivity contribution is 0.102. The van der Waals surface area contributed by atoms with Crippen molar-refractivity contribution in [3.63, 3.8) is 0 Å². The van der Waals surface area contributed by atoms with Crippen molar-refractivity contribution in [1.82, 2.24) is 15.0 Å². The van der Waals surface area contributed by atoms with Gasteiger partial charge >= 0.3 is 0 Å². The average molecular weight is 399 g/mol. The summed E-state index contributed by atoms with van der Waals surface area (Å²) >= 11 is 0. The summed E-state index contributed by atoms with van der Waals surface area (Å²) in [6.45, 7) is 2.74. The maximum absolute atomic E-state index is 12.6. The molecule has 4 heterocycles. The fraction of sp³-hybridized carbons (Fsp3) is 0.182. The SMILES string of the molecule is O=C(Nc1cc(-c2ccncc2)c2nc(N3CCOCC3)oc2c1)c1cc2cc-2n1. The van der Waals surface area contributed by atoms with Crippen LogP contribution < -0.4 is 10.2 Å².